The van der Waals surface area contributed by atoms with E-state index in [-0.39, 0.29) is 57.1 Å². The van der Waals surface area contributed by atoms with Crippen LogP contribution in [0, 0.1) is 0 Å². The van der Waals surface area contributed by atoms with E-state index in [1.165, 1.54) is 31.7 Å². The molecule has 0 radical (unpaired) electrons. The molecular weight excluding hydrogens is 303 g/mol. The van der Waals surface area contributed by atoms with Crippen molar-refractivity contribution in [3.63, 3.8) is 0 Å². The van der Waals surface area contributed by atoms with Crippen LogP contribution in [-0.4, -0.2) is 13.0 Å². The number of hydrogen-bond donors (Lipinski definition) is 0. The number of para-hydroxylation sites is 1. The van der Waals surface area contributed by atoms with Crippen molar-refractivity contribution in [1.82, 2.24) is 0 Å². The maximum atomic E-state index is 10.6. The molecule has 0 aliphatic rings. The maximum Gasteiger partial charge on any atom is 1.00 e. The van der Waals surface area contributed by atoms with Crippen LogP contribution in [0.25, 0.3) is 0 Å². The minimum atomic E-state index is -4.69. The Kier molecular flexibility index (Phi) is 11.5. The molecule has 4 nitrogen and oxygen atoms in total. The van der Waals surface area contributed by atoms with Gasteiger partial charge in [-0.15, -0.1) is 0 Å². The molecule has 0 aromatic heterocycles. The van der Waals surface area contributed by atoms with E-state index in [1.807, 2.05) is 6.07 Å². The summed E-state index contributed by atoms with van der Waals surface area (Å²) in [6.45, 7) is 2.18. The van der Waals surface area contributed by atoms with Crippen molar-refractivity contribution < 1.29 is 68.5 Å². The Labute approximate surface area is 164 Å². The molecule has 0 spiro atoms. The van der Waals surface area contributed by atoms with Gasteiger partial charge in [-0.3, -0.25) is 0 Å². The first-order valence-electron chi connectivity index (χ1n) is 6.76. The Morgan fingerprint density at radius 1 is 1.05 bits per heavy atom. The fraction of sp³-hybridized carbons (Fsp3) is 0.571. The van der Waals surface area contributed by atoms with Crippen molar-refractivity contribution in [2.45, 2.75) is 51.9 Å². The number of hydrogen-bond acceptors (Lipinski definition) is 4. The van der Waals surface area contributed by atoms with Crippen LogP contribution >= 0.6 is 0 Å². The van der Waals surface area contributed by atoms with Gasteiger partial charge < -0.3 is 8.74 Å². The van der Waals surface area contributed by atoms with Gasteiger partial charge >= 0.3 is 51.4 Å². The predicted octanol–water partition coefficient (Wildman–Crippen LogP) is 0.433. The van der Waals surface area contributed by atoms with Crippen molar-refractivity contribution in [3.8, 4) is 5.75 Å². The Morgan fingerprint density at radius 3 is 2.30 bits per heavy atom. The molecule has 0 saturated carbocycles. The molecule has 1 aromatic rings. The monoisotopic (exact) mass is 324 g/mol. The van der Waals surface area contributed by atoms with Crippen LogP contribution in [-0.2, 0) is 16.8 Å². The molecule has 108 valence electrons. The van der Waals surface area contributed by atoms with E-state index >= 15 is 0 Å². The van der Waals surface area contributed by atoms with Gasteiger partial charge in [0.25, 0.3) is 10.4 Å². The van der Waals surface area contributed by atoms with Gasteiger partial charge in [-0.25, -0.2) is 8.42 Å². The average Bonchev–Trinajstić information content (AvgIpc) is 2.33. The van der Waals surface area contributed by atoms with Crippen LogP contribution < -0.4 is 55.6 Å². The normalized spacial score (nSPS) is 10.9. The van der Waals surface area contributed by atoms with Crippen molar-refractivity contribution >= 4 is 10.4 Å². The summed E-state index contributed by atoms with van der Waals surface area (Å²) in [4.78, 5) is 0. The van der Waals surface area contributed by atoms with E-state index in [0.29, 0.717) is 0 Å². The fourth-order valence-corrected chi connectivity index (χ4v) is 2.38. The molecule has 0 unspecified atom stereocenters. The zero-order valence-corrected chi connectivity index (χ0v) is 16.2. The van der Waals surface area contributed by atoms with Gasteiger partial charge in [-0.05, 0) is 24.5 Å². The molecule has 0 aliphatic carbocycles. The van der Waals surface area contributed by atoms with Crippen molar-refractivity contribution in [1.29, 1.82) is 0 Å². The molecule has 6 heteroatoms. The Balaban J connectivity index is 0.00000361. The van der Waals surface area contributed by atoms with E-state index in [4.69, 9.17) is 0 Å². The molecule has 0 saturated heterocycles. The van der Waals surface area contributed by atoms with Crippen molar-refractivity contribution in [2.24, 2.45) is 0 Å². The van der Waals surface area contributed by atoms with Crippen LogP contribution in [0.3, 0.4) is 0 Å². The predicted molar refractivity (Wildman–Crippen MR) is 73.8 cm³/mol. The van der Waals surface area contributed by atoms with Gasteiger partial charge in [0, 0.05) is 0 Å². The summed E-state index contributed by atoms with van der Waals surface area (Å²) in [6.07, 6.45) is 7.73. The summed E-state index contributed by atoms with van der Waals surface area (Å²) in [6, 6.07) is 6.79. The number of rotatable bonds is 9. The van der Waals surface area contributed by atoms with E-state index in [0.717, 1.165) is 24.8 Å². The summed E-state index contributed by atoms with van der Waals surface area (Å²) >= 11 is 0. The van der Waals surface area contributed by atoms with Crippen LogP contribution in [0.15, 0.2) is 24.3 Å². The van der Waals surface area contributed by atoms with E-state index < -0.39 is 10.4 Å². The van der Waals surface area contributed by atoms with Gasteiger partial charge in [0.15, 0.2) is 0 Å². The summed E-state index contributed by atoms with van der Waals surface area (Å²) in [5.41, 5.74) is 0.775. The molecule has 1 aromatic carbocycles. The van der Waals surface area contributed by atoms with Crippen LogP contribution in [0.2, 0.25) is 0 Å². The second kappa shape index (κ2) is 11.2. The molecule has 1 rings (SSSR count). The molecule has 0 amide bonds. The van der Waals surface area contributed by atoms with E-state index in [9.17, 15) is 13.0 Å². The maximum absolute atomic E-state index is 10.6. The second-order valence-electron chi connectivity index (χ2n) is 4.62. The average molecular weight is 324 g/mol. The molecular formula is C14H21KO4S. The third kappa shape index (κ3) is 9.49. The molecule has 0 atom stereocenters. The van der Waals surface area contributed by atoms with Crippen molar-refractivity contribution in [3.05, 3.63) is 29.8 Å². The summed E-state index contributed by atoms with van der Waals surface area (Å²) < 4.78 is 36.3. The number of aryl methyl sites for hydroxylation is 1. The summed E-state index contributed by atoms with van der Waals surface area (Å²) in [5, 5.41) is 0. The third-order valence-electron chi connectivity index (χ3n) is 2.96. The molecule has 0 bridgehead atoms. The zero-order valence-electron chi connectivity index (χ0n) is 12.3. The Bertz CT molecular complexity index is 474. The van der Waals surface area contributed by atoms with Crippen LogP contribution in [0.4, 0.5) is 0 Å². The molecule has 0 fully saturated rings. The summed E-state index contributed by atoms with van der Waals surface area (Å²) in [5.74, 6) is 0.158. The molecule has 0 N–H and O–H groups in total. The van der Waals surface area contributed by atoms with Gasteiger partial charge in [0.1, 0.15) is 5.75 Å². The first-order valence-corrected chi connectivity index (χ1v) is 8.09. The second-order valence-corrected chi connectivity index (χ2v) is 5.60. The number of benzene rings is 1. The first kappa shape index (κ1) is 20.6. The first-order chi connectivity index (χ1) is 9.03. The van der Waals surface area contributed by atoms with Crippen molar-refractivity contribution in [2.75, 3.05) is 0 Å². The Hall–Kier alpha value is 0.566. The van der Waals surface area contributed by atoms with Gasteiger partial charge in [0.2, 0.25) is 0 Å². The topological polar surface area (TPSA) is 66.4 Å². The van der Waals surface area contributed by atoms with Gasteiger partial charge in [0.05, 0.1) is 0 Å². The standard InChI is InChI=1S/C14H22O4S.K/c1-2-3-4-5-6-7-10-13-11-8-9-12-14(13)18-19(15,16)17;/h8-9,11-12H,2-7,10H2,1H3,(H,15,16,17);/q;+1/p-1. The quantitative estimate of drug-likeness (QED) is 0.286. The van der Waals surface area contributed by atoms with E-state index in [1.54, 1.807) is 12.1 Å². The number of unbranched alkanes of at least 4 members (excludes halogenated alkanes) is 5. The van der Waals surface area contributed by atoms with Gasteiger partial charge in [-0.2, -0.15) is 0 Å². The minimum Gasteiger partial charge on any atom is -0.716 e. The zero-order chi connectivity index (χ0) is 14.1. The van der Waals surface area contributed by atoms with Crippen LogP contribution in [0.1, 0.15) is 51.0 Å². The van der Waals surface area contributed by atoms with Crippen LogP contribution in [0.5, 0.6) is 5.75 Å². The Morgan fingerprint density at radius 2 is 1.65 bits per heavy atom. The SMILES string of the molecule is CCCCCCCCc1ccccc1OS(=O)(=O)[O-].[K+]. The molecule has 0 aliphatic heterocycles. The molecule has 20 heavy (non-hydrogen) atoms. The minimum absolute atomic E-state index is 0. The summed E-state index contributed by atoms with van der Waals surface area (Å²) in [7, 11) is -4.69. The van der Waals surface area contributed by atoms with Gasteiger partial charge in [-0.1, -0.05) is 57.2 Å². The largest absolute Gasteiger partial charge is 1.00 e. The fourth-order valence-electron chi connectivity index (χ4n) is 2.00. The smallest absolute Gasteiger partial charge is 0.716 e. The molecule has 0 heterocycles. The van der Waals surface area contributed by atoms with E-state index in [2.05, 4.69) is 11.1 Å². The third-order valence-corrected chi connectivity index (χ3v) is 3.35.